The van der Waals surface area contributed by atoms with E-state index in [4.69, 9.17) is 0 Å². The molecule has 2 atom stereocenters. The summed E-state index contributed by atoms with van der Waals surface area (Å²) in [5.41, 5.74) is 1.00. The normalized spacial score (nSPS) is 21.9. The van der Waals surface area contributed by atoms with E-state index >= 15 is 0 Å². The number of thioether (sulfide) groups is 1. The largest absolute Gasteiger partial charge is 0.481 e. The summed E-state index contributed by atoms with van der Waals surface area (Å²) in [6, 6.07) is 9.61. The Morgan fingerprint density at radius 2 is 2.00 bits per heavy atom. The minimum Gasteiger partial charge on any atom is -0.481 e. The number of carboxylic acid groups (broad SMARTS) is 1. The van der Waals surface area contributed by atoms with Crippen LogP contribution in [0.5, 0.6) is 0 Å². The second-order valence-corrected chi connectivity index (χ2v) is 5.99. The number of nitrogens with zero attached hydrogens (tertiary/aromatic N) is 1. The van der Waals surface area contributed by atoms with Crippen molar-refractivity contribution in [1.29, 1.82) is 0 Å². The van der Waals surface area contributed by atoms with E-state index in [1.54, 1.807) is 16.7 Å². The van der Waals surface area contributed by atoms with Crippen molar-refractivity contribution in [2.75, 3.05) is 25.1 Å². The molecular weight excluding hydrogens is 274 g/mol. The molecule has 1 aromatic carbocycles. The molecule has 1 aliphatic heterocycles. The second-order valence-electron chi connectivity index (χ2n) is 5.00. The van der Waals surface area contributed by atoms with Gasteiger partial charge in [0.1, 0.15) is 0 Å². The van der Waals surface area contributed by atoms with Crippen LogP contribution in [0.3, 0.4) is 0 Å². The molecule has 1 aromatic rings. The van der Waals surface area contributed by atoms with Crippen molar-refractivity contribution in [2.45, 2.75) is 12.3 Å². The van der Waals surface area contributed by atoms with Gasteiger partial charge in [0.25, 0.3) is 0 Å². The van der Waals surface area contributed by atoms with Crippen molar-refractivity contribution in [3.8, 4) is 0 Å². The smallest absolute Gasteiger partial charge is 0.308 e. The number of aliphatic carboxylic acids is 1. The number of hydrogen-bond acceptors (Lipinski definition) is 3. The molecule has 1 amide bonds. The summed E-state index contributed by atoms with van der Waals surface area (Å²) in [4.78, 5) is 25.2. The molecule has 2 rings (SSSR count). The number of rotatable bonds is 5. The fourth-order valence-corrected chi connectivity index (χ4v) is 3.02. The first-order chi connectivity index (χ1) is 9.63. The van der Waals surface area contributed by atoms with E-state index in [0.29, 0.717) is 19.5 Å². The van der Waals surface area contributed by atoms with Crippen LogP contribution >= 0.6 is 11.8 Å². The monoisotopic (exact) mass is 293 g/mol. The summed E-state index contributed by atoms with van der Waals surface area (Å²) in [5.74, 6) is -0.589. The topological polar surface area (TPSA) is 57.6 Å². The predicted molar refractivity (Wildman–Crippen MR) is 79.9 cm³/mol. The fraction of sp³-hybridized carbons (Fsp3) is 0.467. The Hall–Kier alpha value is -1.49. The minimum absolute atomic E-state index is 0.0593. The van der Waals surface area contributed by atoms with Gasteiger partial charge in [-0.15, -0.1) is 0 Å². The molecule has 1 N–H and O–H groups in total. The second kappa shape index (κ2) is 6.79. The minimum atomic E-state index is -0.820. The summed E-state index contributed by atoms with van der Waals surface area (Å²) in [6.45, 7) is 0.830. The Balaban J connectivity index is 2.12. The summed E-state index contributed by atoms with van der Waals surface area (Å²) < 4.78 is 0. The molecule has 1 heterocycles. The molecule has 0 spiro atoms. The van der Waals surface area contributed by atoms with Crippen LogP contribution in [0.4, 0.5) is 0 Å². The number of likely N-dealkylation sites (tertiary alicyclic amines) is 1. The van der Waals surface area contributed by atoms with E-state index in [2.05, 4.69) is 0 Å². The highest BCUT2D eigenvalue weighted by Crippen LogP contribution is 2.33. The molecule has 4 nitrogen and oxygen atoms in total. The van der Waals surface area contributed by atoms with Crippen LogP contribution in [0.1, 0.15) is 17.9 Å². The van der Waals surface area contributed by atoms with Crippen LogP contribution < -0.4 is 0 Å². The lowest BCUT2D eigenvalue weighted by Crippen LogP contribution is -2.30. The average molecular weight is 293 g/mol. The van der Waals surface area contributed by atoms with E-state index in [9.17, 15) is 14.7 Å². The number of amides is 1. The summed E-state index contributed by atoms with van der Waals surface area (Å²) in [6.07, 6.45) is 2.44. The Labute approximate surface area is 123 Å². The molecule has 1 aliphatic rings. The first-order valence-electron chi connectivity index (χ1n) is 6.68. The number of carbonyl (C=O) groups excluding carboxylic acids is 1. The van der Waals surface area contributed by atoms with E-state index in [0.717, 1.165) is 11.3 Å². The molecule has 0 saturated carbocycles. The fourth-order valence-electron chi connectivity index (χ4n) is 2.64. The van der Waals surface area contributed by atoms with E-state index in [1.807, 2.05) is 36.6 Å². The zero-order valence-corrected chi connectivity index (χ0v) is 12.3. The van der Waals surface area contributed by atoms with Crippen molar-refractivity contribution in [1.82, 2.24) is 4.90 Å². The zero-order valence-electron chi connectivity index (χ0n) is 11.5. The molecule has 0 bridgehead atoms. The van der Waals surface area contributed by atoms with Gasteiger partial charge in [0.15, 0.2) is 0 Å². The van der Waals surface area contributed by atoms with Crippen LogP contribution in [0.25, 0.3) is 0 Å². The van der Waals surface area contributed by atoms with Gasteiger partial charge >= 0.3 is 5.97 Å². The highest BCUT2D eigenvalue weighted by atomic mass is 32.2. The van der Waals surface area contributed by atoms with Gasteiger partial charge in [0, 0.05) is 31.2 Å². The quantitative estimate of drug-likeness (QED) is 0.903. The Bertz CT molecular complexity index is 477. The van der Waals surface area contributed by atoms with E-state index in [1.165, 1.54) is 0 Å². The standard InChI is InChI=1S/C15H19NO3S/c1-20-8-7-14(17)16-9-12(13(10-16)15(18)19)11-5-3-2-4-6-11/h2-6,12-13H,7-10H2,1H3,(H,18,19). The van der Waals surface area contributed by atoms with Crippen LogP contribution in [0, 0.1) is 5.92 Å². The number of benzene rings is 1. The van der Waals surface area contributed by atoms with Gasteiger partial charge in [-0.1, -0.05) is 30.3 Å². The molecule has 5 heteroatoms. The molecular formula is C15H19NO3S. The van der Waals surface area contributed by atoms with Crippen molar-refractivity contribution in [2.24, 2.45) is 5.92 Å². The highest BCUT2D eigenvalue weighted by molar-refractivity contribution is 7.98. The summed E-state index contributed by atoms with van der Waals surface area (Å²) >= 11 is 1.63. The van der Waals surface area contributed by atoms with Gasteiger partial charge in [0.2, 0.25) is 5.91 Å². The third kappa shape index (κ3) is 3.33. The molecule has 0 aliphatic carbocycles. The Morgan fingerprint density at radius 3 is 2.60 bits per heavy atom. The van der Waals surface area contributed by atoms with Crippen LogP contribution in [0.2, 0.25) is 0 Å². The maximum atomic E-state index is 12.1. The third-order valence-electron chi connectivity index (χ3n) is 3.74. The molecule has 20 heavy (non-hydrogen) atoms. The third-order valence-corrected chi connectivity index (χ3v) is 4.35. The number of carboxylic acids is 1. The molecule has 1 fully saturated rings. The Kier molecular flexibility index (Phi) is 5.06. The highest BCUT2D eigenvalue weighted by Gasteiger charge is 2.40. The maximum absolute atomic E-state index is 12.1. The van der Waals surface area contributed by atoms with Gasteiger partial charge in [-0.25, -0.2) is 0 Å². The summed E-state index contributed by atoms with van der Waals surface area (Å²) in [5, 5.41) is 9.38. The van der Waals surface area contributed by atoms with E-state index < -0.39 is 11.9 Å². The van der Waals surface area contributed by atoms with Gasteiger partial charge in [-0.2, -0.15) is 11.8 Å². The van der Waals surface area contributed by atoms with Gasteiger partial charge < -0.3 is 10.0 Å². The van der Waals surface area contributed by atoms with E-state index in [-0.39, 0.29) is 11.8 Å². The molecule has 0 aromatic heterocycles. The molecule has 1 saturated heterocycles. The summed E-state index contributed by atoms with van der Waals surface area (Å²) in [7, 11) is 0. The first-order valence-corrected chi connectivity index (χ1v) is 8.07. The SMILES string of the molecule is CSCCC(=O)N1CC(C(=O)O)C(c2ccccc2)C1. The lowest BCUT2D eigenvalue weighted by atomic mass is 9.89. The predicted octanol–water partition coefficient (Wildman–Crippen LogP) is 2.07. The lowest BCUT2D eigenvalue weighted by Gasteiger charge is -2.16. The lowest BCUT2D eigenvalue weighted by molar-refractivity contribution is -0.141. The van der Waals surface area contributed by atoms with Gasteiger partial charge in [-0.3, -0.25) is 9.59 Å². The zero-order chi connectivity index (χ0) is 14.5. The van der Waals surface area contributed by atoms with Crippen molar-refractivity contribution in [3.05, 3.63) is 35.9 Å². The van der Waals surface area contributed by atoms with Crippen molar-refractivity contribution < 1.29 is 14.7 Å². The first kappa shape index (κ1) is 14.9. The van der Waals surface area contributed by atoms with Gasteiger partial charge in [0.05, 0.1) is 5.92 Å². The van der Waals surface area contributed by atoms with Crippen LogP contribution in [0.15, 0.2) is 30.3 Å². The maximum Gasteiger partial charge on any atom is 0.308 e. The van der Waals surface area contributed by atoms with Crippen molar-refractivity contribution >= 4 is 23.6 Å². The number of carbonyl (C=O) groups is 2. The number of hydrogen-bond donors (Lipinski definition) is 1. The molecule has 108 valence electrons. The van der Waals surface area contributed by atoms with Crippen LogP contribution in [-0.4, -0.2) is 47.0 Å². The van der Waals surface area contributed by atoms with Crippen LogP contribution in [-0.2, 0) is 9.59 Å². The van der Waals surface area contributed by atoms with Gasteiger partial charge in [-0.05, 0) is 11.8 Å². The molecule has 2 unspecified atom stereocenters. The molecule has 0 radical (unpaired) electrons. The van der Waals surface area contributed by atoms with Crippen molar-refractivity contribution in [3.63, 3.8) is 0 Å². The average Bonchev–Trinajstić information content (AvgIpc) is 2.91. The Morgan fingerprint density at radius 1 is 1.30 bits per heavy atom.